The molecular weight excluding hydrogens is 324 g/mol. The van der Waals surface area contributed by atoms with E-state index in [1.165, 1.54) is 6.07 Å². The van der Waals surface area contributed by atoms with E-state index in [9.17, 15) is 18.7 Å². The Kier molecular flexibility index (Phi) is 5.02. The maximum atomic E-state index is 13.2. The lowest BCUT2D eigenvalue weighted by molar-refractivity contribution is -0.124. The molecule has 1 aliphatic carbocycles. The molecule has 0 spiro atoms. The Bertz CT molecular complexity index is 737. The molecule has 0 unspecified atom stereocenters. The van der Waals surface area contributed by atoms with Crippen LogP contribution in [0.4, 0.5) is 14.5 Å². The van der Waals surface area contributed by atoms with Gasteiger partial charge in [0.05, 0.1) is 0 Å². The minimum atomic E-state index is -2.65. The van der Waals surface area contributed by atoms with Gasteiger partial charge in [-0.2, -0.15) is 0 Å². The number of benzene rings is 2. The molecule has 0 aromatic heterocycles. The summed E-state index contributed by atoms with van der Waals surface area (Å²) in [5.74, 6) is -3.24. The fourth-order valence-electron chi connectivity index (χ4n) is 3.23. The first kappa shape index (κ1) is 17.4. The third-order valence-corrected chi connectivity index (χ3v) is 4.58. The highest BCUT2D eigenvalue weighted by Crippen LogP contribution is 2.36. The minimum absolute atomic E-state index is 0.0684. The van der Waals surface area contributed by atoms with Crippen molar-refractivity contribution in [2.45, 2.75) is 38.0 Å². The number of amides is 1. The third kappa shape index (κ3) is 4.78. The van der Waals surface area contributed by atoms with Gasteiger partial charge in [0.15, 0.2) is 0 Å². The van der Waals surface area contributed by atoms with Crippen LogP contribution in [0.3, 0.4) is 0 Å². The normalized spacial score (nSPS) is 17.2. The van der Waals surface area contributed by atoms with Crippen LogP contribution in [0.5, 0.6) is 5.75 Å². The van der Waals surface area contributed by atoms with E-state index in [0.29, 0.717) is 12.1 Å². The van der Waals surface area contributed by atoms with Gasteiger partial charge >= 0.3 is 0 Å². The molecule has 0 heterocycles. The average Bonchev–Trinajstić information content (AvgIpc) is 2.55. The largest absolute Gasteiger partial charge is 0.508 e. The van der Waals surface area contributed by atoms with Gasteiger partial charge in [0.25, 0.3) is 0 Å². The summed E-state index contributed by atoms with van der Waals surface area (Å²) < 4.78 is 26.4. The number of rotatable bonds is 4. The molecule has 2 N–H and O–H groups in total. The number of hydrogen-bond acceptors (Lipinski definition) is 2. The van der Waals surface area contributed by atoms with Gasteiger partial charge in [-0.05, 0) is 42.5 Å². The summed E-state index contributed by atoms with van der Waals surface area (Å²) in [5, 5.41) is 12.7. The summed E-state index contributed by atoms with van der Waals surface area (Å²) in [6.07, 6.45) is 0.519. The summed E-state index contributed by atoms with van der Waals surface area (Å²) in [7, 11) is 0. The summed E-state index contributed by atoms with van der Waals surface area (Å²) in [6, 6.07) is 14.7. The molecule has 5 heteroatoms. The lowest BCUT2D eigenvalue weighted by atomic mass is 9.86. The van der Waals surface area contributed by atoms with Crippen molar-refractivity contribution in [1.82, 2.24) is 0 Å². The highest BCUT2D eigenvalue weighted by atomic mass is 19.3. The molecule has 0 aliphatic heterocycles. The summed E-state index contributed by atoms with van der Waals surface area (Å²) in [6.45, 7) is 0. The van der Waals surface area contributed by atoms with Gasteiger partial charge in [0, 0.05) is 30.5 Å². The second-order valence-electron chi connectivity index (χ2n) is 6.67. The van der Waals surface area contributed by atoms with Crippen molar-refractivity contribution in [2.75, 3.05) is 5.32 Å². The summed E-state index contributed by atoms with van der Waals surface area (Å²) in [5.41, 5.74) is 2.46. The Morgan fingerprint density at radius 1 is 1.08 bits per heavy atom. The zero-order chi connectivity index (χ0) is 17.9. The quantitative estimate of drug-likeness (QED) is 0.840. The molecule has 1 amide bonds. The van der Waals surface area contributed by atoms with E-state index in [1.807, 2.05) is 36.4 Å². The van der Waals surface area contributed by atoms with Gasteiger partial charge < -0.3 is 10.4 Å². The van der Waals surface area contributed by atoms with Gasteiger partial charge in [-0.3, -0.25) is 4.79 Å². The number of phenols is 1. The Morgan fingerprint density at radius 2 is 1.76 bits per heavy atom. The van der Waals surface area contributed by atoms with Crippen molar-refractivity contribution in [2.24, 2.45) is 5.92 Å². The number of halogens is 2. The number of anilines is 1. The van der Waals surface area contributed by atoms with Crippen LogP contribution in [0, 0.1) is 5.92 Å². The highest BCUT2D eigenvalue weighted by molar-refractivity contribution is 5.92. The van der Waals surface area contributed by atoms with E-state index in [-0.39, 0.29) is 37.3 Å². The molecule has 2 aromatic rings. The molecule has 2 aromatic carbocycles. The second-order valence-corrected chi connectivity index (χ2v) is 6.67. The highest BCUT2D eigenvalue weighted by Gasteiger charge is 2.37. The van der Waals surface area contributed by atoms with E-state index in [4.69, 9.17) is 0 Å². The Balaban J connectivity index is 1.67. The third-order valence-electron chi connectivity index (χ3n) is 4.58. The maximum Gasteiger partial charge on any atom is 0.248 e. The van der Waals surface area contributed by atoms with Crippen LogP contribution in [0.2, 0.25) is 0 Å². The van der Waals surface area contributed by atoms with Crippen molar-refractivity contribution in [3.05, 3.63) is 59.7 Å². The van der Waals surface area contributed by atoms with Crippen molar-refractivity contribution < 1.29 is 18.7 Å². The van der Waals surface area contributed by atoms with Gasteiger partial charge in [-0.25, -0.2) is 8.78 Å². The average molecular weight is 345 g/mol. The van der Waals surface area contributed by atoms with Crippen LogP contribution in [0.25, 0.3) is 0 Å². The Morgan fingerprint density at radius 3 is 2.44 bits per heavy atom. The van der Waals surface area contributed by atoms with Gasteiger partial charge in [-0.15, -0.1) is 0 Å². The molecule has 0 radical (unpaired) electrons. The van der Waals surface area contributed by atoms with E-state index >= 15 is 0 Å². The minimum Gasteiger partial charge on any atom is -0.508 e. The number of aromatic hydroxyl groups is 1. The topological polar surface area (TPSA) is 49.3 Å². The van der Waals surface area contributed by atoms with Crippen molar-refractivity contribution in [3.63, 3.8) is 0 Å². The number of phenolic OH excluding ortho intramolecular Hbond substituents is 1. The molecule has 3 nitrogen and oxygen atoms in total. The Hall–Kier alpha value is -2.43. The molecule has 0 atom stereocenters. The number of carbonyl (C=O) groups is 1. The van der Waals surface area contributed by atoms with Crippen LogP contribution in [0.15, 0.2) is 48.5 Å². The zero-order valence-corrected chi connectivity index (χ0v) is 13.8. The lowest BCUT2D eigenvalue weighted by Gasteiger charge is -2.27. The fraction of sp³-hybridized carbons (Fsp3) is 0.350. The van der Waals surface area contributed by atoms with Gasteiger partial charge in [0.1, 0.15) is 5.75 Å². The van der Waals surface area contributed by atoms with Gasteiger partial charge in [0.2, 0.25) is 11.8 Å². The standard InChI is InChI=1S/C20H21F2NO2/c21-20(22)8-6-16(7-9-20)19(25)23-17-11-15(12-18(24)13-17)10-14-4-2-1-3-5-14/h1-5,11-13,16,24H,6-10H2,(H,23,25). The maximum absolute atomic E-state index is 13.2. The van der Waals surface area contributed by atoms with Crippen molar-refractivity contribution in [3.8, 4) is 5.75 Å². The molecule has 1 saturated carbocycles. The van der Waals surface area contributed by atoms with Crippen LogP contribution >= 0.6 is 0 Å². The number of nitrogens with one attached hydrogen (secondary N) is 1. The van der Waals surface area contributed by atoms with Gasteiger partial charge in [-0.1, -0.05) is 30.3 Å². The van der Waals surface area contributed by atoms with Crippen molar-refractivity contribution in [1.29, 1.82) is 0 Å². The van der Waals surface area contributed by atoms with E-state index in [2.05, 4.69) is 5.32 Å². The molecule has 25 heavy (non-hydrogen) atoms. The van der Waals surface area contributed by atoms with Crippen LogP contribution < -0.4 is 5.32 Å². The van der Waals surface area contributed by atoms with Crippen molar-refractivity contribution >= 4 is 11.6 Å². The first-order valence-electron chi connectivity index (χ1n) is 8.47. The monoisotopic (exact) mass is 345 g/mol. The predicted molar refractivity (Wildman–Crippen MR) is 92.9 cm³/mol. The number of alkyl halides is 2. The first-order chi connectivity index (χ1) is 11.9. The number of carbonyl (C=O) groups excluding carboxylic acids is 1. The molecule has 0 bridgehead atoms. The summed E-state index contributed by atoms with van der Waals surface area (Å²) >= 11 is 0. The first-order valence-corrected chi connectivity index (χ1v) is 8.47. The lowest BCUT2D eigenvalue weighted by Crippen LogP contribution is -2.31. The molecular formula is C20H21F2NO2. The van der Waals surface area contributed by atoms with Crippen LogP contribution in [0.1, 0.15) is 36.8 Å². The second kappa shape index (κ2) is 7.21. The predicted octanol–water partition coefficient (Wildman–Crippen LogP) is 4.75. The Labute approximate surface area is 145 Å². The molecule has 132 valence electrons. The van der Waals surface area contributed by atoms with E-state index in [0.717, 1.165) is 11.1 Å². The molecule has 1 aliphatic rings. The van der Waals surface area contributed by atoms with Crippen LogP contribution in [-0.2, 0) is 11.2 Å². The SMILES string of the molecule is O=C(Nc1cc(O)cc(Cc2ccccc2)c1)C1CCC(F)(F)CC1. The van der Waals surface area contributed by atoms with E-state index < -0.39 is 11.8 Å². The molecule has 1 fully saturated rings. The summed E-state index contributed by atoms with van der Waals surface area (Å²) in [4.78, 5) is 12.3. The van der Waals surface area contributed by atoms with Crippen LogP contribution in [-0.4, -0.2) is 16.9 Å². The molecule has 0 saturated heterocycles. The number of hydrogen-bond donors (Lipinski definition) is 2. The zero-order valence-electron chi connectivity index (χ0n) is 13.8. The molecule has 3 rings (SSSR count). The fourth-order valence-corrected chi connectivity index (χ4v) is 3.23. The van der Waals surface area contributed by atoms with E-state index in [1.54, 1.807) is 6.07 Å². The smallest absolute Gasteiger partial charge is 0.248 e.